The average Bonchev–Trinajstić information content (AvgIpc) is 2.87. The zero-order valence-corrected chi connectivity index (χ0v) is 11.7. The Kier molecular flexibility index (Phi) is 4.80. The van der Waals surface area contributed by atoms with Crippen LogP contribution in [-0.4, -0.2) is 42.3 Å². The van der Waals surface area contributed by atoms with E-state index in [1.807, 2.05) is 0 Å². The van der Waals surface area contributed by atoms with E-state index in [0.717, 1.165) is 24.9 Å². The molecule has 1 saturated heterocycles. The van der Waals surface area contributed by atoms with E-state index in [9.17, 15) is 9.90 Å². The molecule has 1 N–H and O–H groups in total. The summed E-state index contributed by atoms with van der Waals surface area (Å²) in [4.78, 5) is 13.7. The topological polar surface area (TPSA) is 49.8 Å². The molecule has 1 atom stereocenters. The van der Waals surface area contributed by atoms with Crippen LogP contribution in [0.4, 0.5) is 0 Å². The van der Waals surface area contributed by atoms with Gasteiger partial charge in [0, 0.05) is 17.6 Å². The summed E-state index contributed by atoms with van der Waals surface area (Å²) in [5.41, 5.74) is 1.39. The second kappa shape index (κ2) is 6.37. The molecule has 0 spiro atoms. The first-order chi connectivity index (χ1) is 9.15. The summed E-state index contributed by atoms with van der Waals surface area (Å²) in [6.07, 6.45) is 2.09. The number of esters is 1. The Morgan fingerprint density at radius 3 is 3.05 bits per heavy atom. The molecule has 19 heavy (non-hydrogen) atoms. The van der Waals surface area contributed by atoms with Gasteiger partial charge in [-0.25, -0.2) is 4.79 Å². The van der Waals surface area contributed by atoms with Gasteiger partial charge in [-0.2, -0.15) is 0 Å². The Hall–Kier alpha value is -1.10. The van der Waals surface area contributed by atoms with Gasteiger partial charge in [-0.3, -0.25) is 4.90 Å². The Morgan fingerprint density at radius 1 is 1.58 bits per heavy atom. The molecule has 1 aliphatic rings. The normalized spacial score (nSPS) is 19.6. The maximum atomic E-state index is 11.5. The number of likely N-dealkylation sites (tertiary alicyclic amines) is 1. The zero-order valence-electron chi connectivity index (χ0n) is 10.9. The number of aliphatic hydroxyl groups is 1. The van der Waals surface area contributed by atoms with Crippen molar-refractivity contribution in [2.75, 3.05) is 20.3 Å². The first-order valence-electron chi connectivity index (χ1n) is 6.37. The Morgan fingerprint density at radius 2 is 2.37 bits per heavy atom. The third kappa shape index (κ3) is 3.26. The van der Waals surface area contributed by atoms with Crippen LogP contribution < -0.4 is 0 Å². The van der Waals surface area contributed by atoms with Crippen molar-refractivity contribution >= 4 is 17.6 Å². The van der Waals surface area contributed by atoms with Crippen LogP contribution in [0.1, 0.15) is 28.8 Å². The van der Waals surface area contributed by atoms with E-state index in [-0.39, 0.29) is 18.6 Å². The van der Waals surface area contributed by atoms with Crippen LogP contribution in [0.5, 0.6) is 0 Å². The number of carbonyl (C=O) groups excluding carboxylic acids is 1. The van der Waals surface area contributed by atoms with Crippen LogP contribution in [0.2, 0.25) is 5.02 Å². The van der Waals surface area contributed by atoms with Crippen molar-refractivity contribution in [3.8, 4) is 0 Å². The predicted molar refractivity (Wildman–Crippen MR) is 73.3 cm³/mol. The third-order valence-corrected chi connectivity index (χ3v) is 3.92. The predicted octanol–water partition coefficient (Wildman–Crippen LogP) is 2.08. The number of rotatable bonds is 4. The molecule has 104 valence electrons. The molecule has 1 aromatic rings. The van der Waals surface area contributed by atoms with Crippen molar-refractivity contribution in [2.24, 2.45) is 0 Å². The standard InChI is InChI=1S/C14H18ClNO3/c1-19-14(18)10-4-5-13(15)11(7-10)8-16-6-2-3-12(16)9-17/h4-5,7,12,17H,2-3,6,8-9H2,1H3/t12-/m1/s1. The second-order valence-corrected chi connectivity index (χ2v) is 5.15. The second-order valence-electron chi connectivity index (χ2n) is 4.75. The summed E-state index contributed by atoms with van der Waals surface area (Å²) in [7, 11) is 1.36. The van der Waals surface area contributed by atoms with Gasteiger partial charge in [0.2, 0.25) is 0 Å². The molecular formula is C14H18ClNO3. The quantitative estimate of drug-likeness (QED) is 0.860. The summed E-state index contributed by atoms with van der Waals surface area (Å²) < 4.78 is 4.71. The van der Waals surface area contributed by atoms with E-state index in [4.69, 9.17) is 16.3 Å². The van der Waals surface area contributed by atoms with Crippen LogP contribution in [0.25, 0.3) is 0 Å². The molecule has 1 aliphatic heterocycles. The maximum Gasteiger partial charge on any atom is 0.337 e. The van der Waals surface area contributed by atoms with E-state index < -0.39 is 0 Å². The van der Waals surface area contributed by atoms with Gasteiger partial charge in [0.25, 0.3) is 0 Å². The molecule has 1 aromatic carbocycles. The molecular weight excluding hydrogens is 266 g/mol. The molecule has 5 heteroatoms. The highest BCUT2D eigenvalue weighted by molar-refractivity contribution is 6.31. The highest BCUT2D eigenvalue weighted by atomic mass is 35.5. The van der Waals surface area contributed by atoms with Crippen molar-refractivity contribution in [1.82, 2.24) is 4.90 Å². The average molecular weight is 284 g/mol. The van der Waals surface area contributed by atoms with Crippen molar-refractivity contribution in [1.29, 1.82) is 0 Å². The van der Waals surface area contributed by atoms with Gasteiger partial charge in [-0.15, -0.1) is 0 Å². The summed E-state index contributed by atoms with van der Waals surface area (Å²) in [5.74, 6) is -0.363. The maximum absolute atomic E-state index is 11.5. The third-order valence-electron chi connectivity index (χ3n) is 3.55. The number of benzene rings is 1. The van der Waals surface area contributed by atoms with Crippen LogP contribution in [0.15, 0.2) is 18.2 Å². The van der Waals surface area contributed by atoms with Crippen LogP contribution >= 0.6 is 11.6 Å². The lowest BCUT2D eigenvalue weighted by Gasteiger charge is -2.23. The highest BCUT2D eigenvalue weighted by Crippen LogP contribution is 2.24. The van der Waals surface area contributed by atoms with Crippen LogP contribution in [-0.2, 0) is 11.3 Å². The van der Waals surface area contributed by atoms with E-state index >= 15 is 0 Å². The largest absolute Gasteiger partial charge is 0.465 e. The fraction of sp³-hybridized carbons (Fsp3) is 0.500. The van der Waals surface area contributed by atoms with Gasteiger partial charge in [0.1, 0.15) is 0 Å². The number of methoxy groups -OCH3 is 1. The first-order valence-corrected chi connectivity index (χ1v) is 6.75. The summed E-state index contributed by atoms with van der Waals surface area (Å²) in [5, 5.41) is 9.95. The van der Waals surface area contributed by atoms with E-state index in [1.54, 1.807) is 18.2 Å². The minimum atomic E-state index is -0.363. The van der Waals surface area contributed by atoms with Gasteiger partial charge in [-0.05, 0) is 43.1 Å². The molecule has 2 rings (SSSR count). The molecule has 1 fully saturated rings. The Balaban J connectivity index is 2.17. The molecule has 0 saturated carbocycles. The van der Waals surface area contributed by atoms with Crippen molar-refractivity contribution in [3.63, 3.8) is 0 Å². The smallest absolute Gasteiger partial charge is 0.337 e. The molecule has 0 aromatic heterocycles. The number of carbonyl (C=O) groups is 1. The molecule has 0 radical (unpaired) electrons. The molecule has 4 nitrogen and oxygen atoms in total. The molecule has 0 amide bonds. The van der Waals surface area contributed by atoms with Crippen LogP contribution in [0, 0.1) is 0 Å². The highest BCUT2D eigenvalue weighted by Gasteiger charge is 2.24. The Labute approximate surface area is 117 Å². The van der Waals surface area contributed by atoms with E-state index in [0.29, 0.717) is 17.1 Å². The van der Waals surface area contributed by atoms with Crippen molar-refractivity contribution in [2.45, 2.75) is 25.4 Å². The molecule has 1 heterocycles. The number of aliphatic hydroxyl groups excluding tert-OH is 1. The van der Waals surface area contributed by atoms with E-state index in [2.05, 4.69) is 4.90 Å². The Bertz CT molecular complexity index is 464. The zero-order chi connectivity index (χ0) is 13.8. The van der Waals surface area contributed by atoms with Crippen molar-refractivity contribution in [3.05, 3.63) is 34.3 Å². The minimum absolute atomic E-state index is 0.161. The van der Waals surface area contributed by atoms with Gasteiger partial charge in [-0.1, -0.05) is 11.6 Å². The molecule has 0 bridgehead atoms. The first kappa shape index (κ1) is 14.3. The van der Waals surface area contributed by atoms with Crippen molar-refractivity contribution < 1.29 is 14.6 Å². The van der Waals surface area contributed by atoms with Gasteiger partial charge < -0.3 is 9.84 Å². The molecule has 0 aliphatic carbocycles. The fourth-order valence-electron chi connectivity index (χ4n) is 2.47. The monoisotopic (exact) mass is 283 g/mol. The summed E-state index contributed by atoms with van der Waals surface area (Å²) in [6.45, 7) is 1.76. The number of hydrogen-bond acceptors (Lipinski definition) is 4. The van der Waals surface area contributed by atoms with E-state index in [1.165, 1.54) is 7.11 Å². The lowest BCUT2D eigenvalue weighted by Crippen LogP contribution is -2.31. The molecule has 0 unspecified atom stereocenters. The summed E-state index contributed by atoms with van der Waals surface area (Å²) in [6, 6.07) is 5.33. The minimum Gasteiger partial charge on any atom is -0.465 e. The number of ether oxygens (including phenoxy) is 1. The van der Waals surface area contributed by atoms with Gasteiger partial charge in [0.05, 0.1) is 19.3 Å². The fourth-order valence-corrected chi connectivity index (χ4v) is 2.65. The lowest BCUT2D eigenvalue weighted by atomic mass is 10.1. The van der Waals surface area contributed by atoms with Gasteiger partial charge in [0.15, 0.2) is 0 Å². The summed E-state index contributed by atoms with van der Waals surface area (Å²) >= 11 is 6.17. The number of nitrogens with zero attached hydrogens (tertiary/aromatic N) is 1. The SMILES string of the molecule is COC(=O)c1ccc(Cl)c(CN2CCC[C@@H]2CO)c1. The van der Waals surface area contributed by atoms with Gasteiger partial charge >= 0.3 is 5.97 Å². The number of hydrogen-bond donors (Lipinski definition) is 1. The van der Waals surface area contributed by atoms with Crippen LogP contribution in [0.3, 0.4) is 0 Å². The number of halogens is 1. The lowest BCUT2D eigenvalue weighted by molar-refractivity contribution is 0.0600.